The van der Waals surface area contributed by atoms with Crippen molar-refractivity contribution in [3.8, 4) is 0 Å². The number of aliphatic carboxylic acids is 1. The Morgan fingerprint density at radius 3 is 1.23 bits per heavy atom. The third-order valence-electron chi connectivity index (χ3n) is 11.9. The molecule has 2 unspecified atom stereocenters. The fourth-order valence-corrected chi connectivity index (χ4v) is 7.54. The smallest absolute Gasteiger partial charge is 0.361 e. The molecule has 2 atom stereocenters. The number of carboxylic acids is 1. The molecule has 0 amide bonds. The van der Waals surface area contributed by atoms with Gasteiger partial charge in [0.05, 0.1) is 34.4 Å². The van der Waals surface area contributed by atoms with Crippen LogP contribution in [0.5, 0.6) is 0 Å². The van der Waals surface area contributed by atoms with Crippen molar-refractivity contribution in [3.05, 3.63) is 85.1 Å². The molecule has 0 saturated carbocycles. The number of carboxylic acid groups (broad SMARTS) is 1. The predicted molar refractivity (Wildman–Crippen MR) is 295 cm³/mol. The number of quaternary nitrogens is 1. The molecule has 0 aliphatic heterocycles. The molecule has 0 aromatic carbocycles. The molecule has 0 bridgehead atoms. The second kappa shape index (κ2) is 51.8. The predicted octanol–water partition coefficient (Wildman–Crippen LogP) is 16.4. The molecular formula is C61H106NO8+. The van der Waals surface area contributed by atoms with Crippen molar-refractivity contribution in [2.45, 2.75) is 238 Å². The molecule has 402 valence electrons. The van der Waals surface area contributed by atoms with Gasteiger partial charge in [-0.1, -0.05) is 208 Å². The van der Waals surface area contributed by atoms with Crippen LogP contribution < -0.4 is 0 Å². The van der Waals surface area contributed by atoms with Gasteiger partial charge in [0.2, 0.25) is 0 Å². The van der Waals surface area contributed by atoms with Crippen molar-refractivity contribution in [3.63, 3.8) is 0 Å². The number of esters is 2. The number of rotatable bonds is 51. The Morgan fingerprint density at radius 1 is 0.443 bits per heavy atom. The summed E-state index contributed by atoms with van der Waals surface area (Å²) in [5, 5.41) is 9.67. The molecule has 1 N–H and O–H groups in total. The van der Waals surface area contributed by atoms with Gasteiger partial charge in [0.15, 0.2) is 6.10 Å². The Bertz CT molecular complexity index is 1420. The molecule has 0 aliphatic carbocycles. The number of ether oxygens (including phenoxy) is 4. The number of allylic oxidation sites excluding steroid dienone is 14. The lowest BCUT2D eigenvalue weighted by molar-refractivity contribution is -0.870. The zero-order chi connectivity index (χ0) is 51.3. The second-order valence-electron chi connectivity index (χ2n) is 19.9. The van der Waals surface area contributed by atoms with E-state index in [2.05, 4.69) is 98.9 Å². The third kappa shape index (κ3) is 52.3. The second-order valence-corrected chi connectivity index (χ2v) is 19.9. The Labute approximate surface area is 430 Å². The molecule has 0 fully saturated rings. The van der Waals surface area contributed by atoms with Crippen LogP contribution in [-0.2, 0) is 33.3 Å². The Morgan fingerprint density at radius 2 is 0.814 bits per heavy atom. The SMILES string of the molecule is CC/C=C\C/C=C\C/C=C\C/C=C\C/C=C\C/C=C\CCCCCCCCCCCCCCCCC(=O)OC(COC(=O)CCCCCCC/C=C\CCCCC)COC(OCC[N+](C)(C)C)C(=O)O. The van der Waals surface area contributed by atoms with Crippen LogP contribution in [0.25, 0.3) is 0 Å². The van der Waals surface area contributed by atoms with Crippen LogP contribution in [0.3, 0.4) is 0 Å². The number of carbonyl (C=O) groups excluding carboxylic acids is 2. The van der Waals surface area contributed by atoms with Crippen LogP contribution in [0.4, 0.5) is 0 Å². The van der Waals surface area contributed by atoms with E-state index in [9.17, 15) is 19.5 Å². The monoisotopic (exact) mass is 981 g/mol. The highest BCUT2D eigenvalue weighted by Gasteiger charge is 2.25. The Kier molecular flexibility index (Phi) is 49.2. The van der Waals surface area contributed by atoms with E-state index in [1.807, 2.05) is 21.1 Å². The first-order valence-corrected chi connectivity index (χ1v) is 28.3. The van der Waals surface area contributed by atoms with E-state index in [4.69, 9.17) is 18.9 Å². The maximum absolute atomic E-state index is 12.8. The fourth-order valence-electron chi connectivity index (χ4n) is 7.54. The topological polar surface area (TPSA) is 108 Å². The maximum atomic E-state index is 12.8. The van der Waals surface area contributed by atoms with Crippen LogP contribution in [0.15, 0.2) is 85.1 Å². The average Bonchev–Trinajstić information content (AvgIpc) is 3.33. The lowest BCUT2D eigenvalue weighted by Gasteiger charge is -2.25. The normalized spacial score (nSPS) is 13.4. The highest BCUT2D eigenvalue weighted by atomic mass is 16.7. The zero-order valence-corrected chi connectivity index (χ0v) is 45.7. The van der Waals surface area contributed by atoms with Gasteiger partial charge in [0, 0.05) is 12.8 Å². The first kappa shape index (κ1) is 66.5. The number of carbonyl (C=O) groups is 3. The van der Waals surface area contributed by atoms with E-state index >= 15 is 0 Å². The highest BCUT2D eigenvalue weighted by molar-refractivity contribution is 5.71. The molecule has 0 heterocycles. The van der Waals surface area contributed by atoms with Crippen LogP contribution in [0.2, 0.25) is 0 Å². The van der Waals surface area contributed by atoms with E-state index in [-0.39, 0.29) is 38.6 Å². The molecular weight excluding hydrogens is 875 g/mol. The summed E-state index contributed by atoms with van der Waals surface area (Å²) < 4.78 is 22.8. The molecule has 0 saturated heterocycles. The van der Waals surface area contributed by atoms with Crippen LogP contribution in [-0.4, -0.2) is 87.4 Å². The van der Waals surface area contributed by atoms with Gasteiger partial charge in [0.1, 0.15) is 13.2 Å². The number of likely N-dealkylation sites (N-methyl/N-ethyl adjacent to an activating group) is 1. The molecule has 0 radical (unpaired) electrons. The molecule has 9 nitrogen and oxygen atoms in total. The molecule has 0 aromatic rings. The van der Waals surface area contributed by atoms with Gasteiger partial charge in [-0.05, 0) is 89.9 Å². The summed E-state index contributed by atoms with van der Waals surface area (Å²) in [5.74, 6) is -2.02. The van der Waals surface area contributed by atoms with E-state index in [1.54, 1.807) is 0 Å². The molecule has 0 rings (SSSR count). The molecule has 9 heteroatoms. The molecule has 0 aromatic heterocycles. The maximum Gasteiger partial charge on any atom is 0.361 e. The van der Waals surface area contributed by atoms with E-state index in [1.165, 1.54) is 103 Å². The van der Waals surface area contributed by atoms with Gasteiger partial charge in [0.25, 0.3) is 6.29 Å². The fraction of sp³-hybridized carbons (Fsp3) is 0.721. The summed E-state index contributed by atoms with van der Waals surface area (Å²) in [6, 6.07) is 0. The Hall–Kier alpha value is -3.53. The largest absolute Gasteiger partial charge is 0.477 e. The van der Waals surface area contributed by atoms with Gasteiger partial charge in [-0.3, -0.25) is 9.59 Å². The number of hydrogen-bond acceptors (Lipinski definition) is 7. The lowest BCUT2D eigenvalue weighted by atomic mass is 10.0. The van der Waals surface area contributed by atoms with Crippen LogP contribution >= 0.6 is 0 Å². The van der Waals surface area contributed by atoms with Crippen molar-refractivity contribution in [2.24, 2.45) is 0 Å². The molecule has 0 spiro atoms. The number of hydrogen-bond donors (Lipinski definition) is 1. The van der Waals surface area contributed by atoms with Crippen molar-refractivity contribution in [1.29, 1.82) is 0 Å². The summed E-state index contributed by atoms with van der Waals surface area (Å²) in [6.07, 6.45) is 65.3. The summed E-state index contributed by atoms with van der Waals surface area (Å²) in [7, 11) is 5.96. The summed E-state index contributed by atoms with van der Waals surface area (Å²) in [6.45, 7) is 4.72. The van der Waals surface area contributed by atoms with Crippen molar-refractivity contribution < 1.29 is 42.9 Å². The average molecular weight is 982 g/mol. The third-order valence-corrected chi connectivity index (χ3v) is 11.9. The van der Waals surface area contributed by atoms with Gasteiger partial charge >= 0.3 is 17.9 Å². The summed E-state index contributed by atoms with van der Waals surface area (Å²) in [5.41, 5.74) is 0. The quantitative estimate of drug-likeness (QED) is 0.0211. The van der Waals surface area contributed by atoms with E-state index in [0.29, 0.717) is 11.0 Å². The van der Waals surface area contributed by atoms with E-state index in [0.717, 1.165) is 96.3 Å². The van der Waals surface area contributed by atoms with Crippen molar-refractivity contribution in [1.82, 2.24) is 0 Å². The minimum atomic E-state index is -1.51. The highest BCUT2D eigenvalue weighted by Crippen LogP contribution is 2.15. The van der Waals surface area contributed by atoms with Crippen LogP contribution in [0.1, 0.15) is 226 Å². The minimum Gasteiger partial charge on any atom is -0.477 e. The first-order chi connectivity index (χ1) is 34.1. The summed E-state index contributed by atoms with van der Waals surface area (Å²) >= 11 is 0. The van der Waals surface area contributed by atoms with Gasteiger partial charge < -0.3 is 28.5 Å². The first-order valence-electron chi connectivity index (χ1n) is 28.3. The molecule has 70 heavy (non-hydrogen) atoms. The van der Waals surface area contributed by atoms with Crippen molar-refractivity contribution >= 4 is 17.9 Å². The number of nitrogens with zero attached hydrogens (tertiary/aromatic N) is 1. The molecule has 0 aliphatic rings. The standard InChI is InChI=1S/C61H105NO8/c1-6-8-10-12-14-16-18-20-21-22-23-24-25-26-27-28-29-30-31-32-33-34-35-36-37-38-39-40-42-44-46-48-50-52-59(64)70-57(56-69-61(60(65)66)67-54-53-62(3,4)5)55-68-58(63)51-49-47-45-43-41-19-17-15-13-11-9-7-2/h8,10,14-17,20-21,23-24,26-27,29-30,57,61H,6-7,9,11-13,18-19,22,25,28,31-56H2,1-5H3/p+1/b10-8-,16-14-,17-15-,21-20-,24-23-,27-26-,30-29-. The lowest BCUT2D eigenvalue weighted by Crippen LogP contribution is -2.40. The van der Waals surface area contributed by atoms with E-state index < -0.39 is 24.3 Å². The zero-order valence-electron chi connectivity index (χ0n) is 45.7. The summed E-state index contributed by atoms with van der Waals surface area (Å²) in [4.78, 5) is 37.3. The minimum absolute atomic E-state index is 0.184. The number of unbranched alkanes of at least 4 members (excludes halogenated alkanes) is 22. The van der Waals surface area contributed by atoms with Crippen molar-refractivity contribution in [2.75, 3.05) is 47.5 Å². The van der Waals surface area contributed by atoms with Gasteiger partial charge in [-0.2, -0.15) is 0 Å². The van der Waals surface area contributed by atoms with Gasteiger partial charge in [-0.25, -0.2) is 4.79 Å². The van der Waals surface area contributed by atoms with Crippen LogP contribution in [0, 0.1) is 0 Å². The van der Waals surface area contributed by atoms with Gasteiger partial charge in [-0.15, -0.1) is 0 Å². The Balaban J connectivity index is 4.13.